The number of allylic oxidation sites excluding steroid dienone is 1. The van der Waals surface area contributed by atoms with Crippen LogP contribution < -0.4 is 5.32 Å². The lowest BCUT2D eigenvalue weighted by molar-refractivity contribution is -0.433. The lowest BCUT2D eigenvalue weighted by atomic mass is 10.0. The zero-order valence-corrected chi connectivity index (χ0v) is 11.3. The summed E-state index contributed by atoms with van der Waals surface area (Å²) in [5.74, 6) is 0. The van der Waals surface area contributed by atoms with Gasteiger partial charge in [-0.05, 0) is 12.5 Å². The summed E-state index contributed by atoms with van der Waals surface area (Å²) in [5, 5.41) is 24.5. The molecule has 1 atom stereocenters. The molecule has 21 heavy (non-hydrogen) atoms. The molecule has 0 spiro atoms. The number of nitrogens with one attached hydrogen (secondary N) is 1. The highest BCUT2D eigenvalue weighted by atomic mass is 16.6. The van der Waals surface area contributed by atoms with Gasteiger partial charge in [-0.2, -0.15) is 0 Å². The molecule has 1 unspecified atom stereocenters. The third-order valence-electron chi connectivity index (χ3n) is 3.33. The maximum atomic E-state index is 11.8. The zero-order valence-electron chi connectivity index (χ0n) is 11.3. The molecular formula is C12H12N4O5. The number of benzene rings is 1. The number of carbonyl (C=O) groups is 1. The predicted molar refractivity (Wildman–Crippen MR) is 71.8 cm³/mol. The van der Waals surface area contributed by atoms with Crippen molar-refractivity contribution in [3.05, 3.63) is 61.5 Å². The Bertz CT molecular complexity index is 669. The number of rotatable bonds is 3. The first-order chi connectivity index (χ1) is 9.82. The van der Waals surface area contributed by atoms with E-state index in [4.69, 9.17) is 0 Å². The van der Waals surface area contributed by atoms with Gasteiger partial charge in [0, 0.05) is 19.2 Å². The van der Waals surface area contributed by atoms with E-state index in [-0.39, 0.29) is 22.6 Å². The van der Waals surface area contributed by atoms with E-state index in [1.807, 2.05) is 0 Å². The van der Waals surface area contributed by atoms with Gasteiger partial charge in [0.25, 0.3) is 11.4 Å². The SMILES string of the molecule is CC1=C([N+](=O)[O-])C(c2cccc([N+](=O)[O-])c2)NC(=O)N1C. The Morgan fingerprint density at radius 1 is 1.24 bits per heavy atom. The van der Waals surface area contributed by atoms with Gasteiger partial charge >= 0.3 is 6.03 Å². The highest BCUT2D eigenvalue weighted by Crippen LogP contribution is 2.31. The molecule has 1 aliphatic heterocycles. The monoisotopic (exact) mass is 292 g/mol. The van der Waals surface area contributed by atoms with Crippen molar-refractivity contribution in [1.82, 2.24) is 10.2 Å². The number of amides is 2. The van der Waals surface area contributed by atoms with E-state index in [0.29, 0.717) is 0 Å². The molecule has 0 saturated carbocycles. The molecule has 110 valence electrons. The normalized spacial score (nSPS) is 18.5. The molecule has 9 heteroatoms. The molecule has 0 radical (unpaired) electrons. The van der Waals surface area contributed by atoms with Crippen molar-refractivity contribution in [1.29, 1.82) is 0 Å². The third kappa shape index (κ3) is 2.53. The summed E-state index contributed by atoms with van der Waals surface area (Å²) in [7, 11) is 1.41. The van der Waals surface area contributed by atoms with Crippen molar-refractivity contribution in [2.75, 3.05) is 7.05 Å². The second-order valence-corrected chi connectivity index (χ2v) is 4.52. The maximum absolute atomic E-state index is 11.8. The van der Waals surface area contributed by atoms with Crippen LogP contribution in [0.5, 0.6) is 0 Å². The summed E-state index contributed by atoms with van der Waals surface area (Å²) in [5.41, 5.74) is 0.0792. The number of non-ortho nitro benzene ring substituents is 1. The Morgan fingerprint density at radius 2 is 1.90 bits per heavy atom. The molecule has 0 saturated heterocycles. The molecular weight excluding hydrogens is 280 g/mol. The molecule has 2 amide bonds. The fourth-order valence-electron chi connectivity index (χ4n) is 2.12. The summed E-state index contributed by atoms with van der Waals surface area (Å²) in [4.78, 5) is 33.8. The lowest BCUT2D eigenvalue weighted by Gasteiger charge is -2.29. The van der Waals surface area contributed by atoms with E-state index in [9.17, 15) is 25.0 Å². The molecule has 1 aromatic rings. The summed E-state index contributed by atoms with van der Waals surface area (Å²) < 4.78 is 0. The number of urea groups is 1. The molecule has 1 heterocycles. The second-order valence-electron chi connectivity index (χ2n) is 4.52. The average Bonchev–Trinajstić information content (AvgIpc) is 2.44. The van der Waals surface area contributed by atoms with Crippen molar-refractivity contribution in [3.8, 4) is 0 Å². The van der Waals surface area contributed by atoms with Gasteiger partial charge in [0.1, 0.15) is 6.04 Å². The minimum absolute atomic E-state index is 0.193. The summed E-state index contributed by atoms with van der Waals surface area (Å²) >= 11 is 0. The van der Waals surface area contributed by atoms with E-state index >= 15 is 0 Å². The summed E-state index contributed by atoms with van der Waals surface area (Å²) in [6.07, 6.45) is 0. The molecule has 0 fully saturated rings. The van der Waals surface area contributed by atoms with Crippen LogP contribution in [0.25, 0.3) is 0 Å². The first-order valence-corrected chi connectivity index (χ1v) is 5.96. The summed E-state index contributed by atoms with van der Waals surface area (Å²) in [6, 6.07) is 3.89. The lowest BCUT2D eigenvalue weighted by Crippen LogP contribution is -2.45. The van der Waals surface area contributed by atoms with Crippen molar-refractivity contribution >= 4 is 11.7 Å². The van der Waals surface area contributed by atoms with Crippen LogP contribution in [0, 0.1) is 20.2 Å². The smallest absolute Gasteiger partial charge is 0.321 e. The van der Waals surface area contributed by atoms with Gasteiger partial charge in [0.05, 0.1) is 15.5 Å². The van der Waals surface area contributed by atoms with Gasteiger partial charge in [-0.25, -0.2) is 4.79 Å². The van der Waals surface area contributed by atoms with E-state index in [0.717, 1.165) is 4.90 Å². The fraction of sp³-hybridized carbons (Fsp3) is 0.250. The number of nitro groups is 2. The van der Waals surface area contributed by atoms with Crippen molar-refractivity contribution in [3.63, 3.8) is 0 Å². The van der Waals surface area contributed by atoms with E-state index in [1.165, 1.54) is 38.2 Å². The Kier molecular flexibility index (Phi) is 3.57. The molecule has 0 aliphatic carbocycles. The van der Waals surface area contributed by atoms with E-state index < -0.39 is 21.9 Å². The quantitative estimate of drug-likeness (QED) is 0.673. The molecule has 2 rings (SSSR count). The topological polar surface area (TPSA) is 119 Å². The highest BCUT2D eigenvalue weighted by molar-refractivity contribution is 5.78. The van der Waals surface area contributed by atoms with Crippen LogP contribution in [0.3, 0.4) is 0 Å². The Balaban J connectivity index is 2.56. The Morgan fingerprint density at radius 3 is 2.48 bits per heavy atom. The number of nitro benzene ring substituents is 1. The molecule has 1 N–H and O–H groups in total. The first-order valence-electron chi connectivity index (χ1n) is 5.96. The molecule has 1 aromatic carbocycles. The number of hydrogen-bond donors (Lipinski definition) is 1. The first kappa shape index (κ1) is 14.4. The third-order valence-corrected chi connectivity index (χ3v) is 3.33. The van der Waals surface area contributed by atoms with Gasteiger partial charge < -0.3 is 5.32 Å². The maximum Gasteiger partial charge on any atom is 0.322 e. The minimum Gasteiger partial charge on any atom is -0.321 e. The van der Waals surface area contributed by atoms with Crippen molar-refractivity contribution < 1.29 is 14.6 Å². The predicted octanol–water partition coefficient (Wildman–Crippen LogP) is 1.80. The number of carbonyl (C=O) groups excluding carboxylic acids is 1. The number of hydrogen-bond acceptors (Lipinski definition) is 5. The van der Waals surface area contributed by atoms with Crippen molar-refractivity contribution in [2.24, 2.45) is 0 Å². The fourth-order valence-corrected chi connectivity index (χ4v) is 2.12. The highest BCUT2D eigenvalue weighted by Gasteiger charge is 2.38. The minimum atomic E-state index is -1.02. The van der Waals surface area contributed by atoms with Crippen LogP contribution in [0.2, 0.25) is 0 Å². The van der Waals surface area contributed by atoms with Crippen LogP contribution in [0.4, 0.5) is 10.5 Å². The molecule has 0 aromatic heterocycles. The standard InChI is InChI=1S/C12H12N4O5/c1-7-11(16(20)21)10(13-12(17)14(7)2)8-4-3-5-9(6-8)15(18)19/h3-6,10H,1-2H3,(H,13,17). The Hall–Kier alpha value is -2.97. The van der Waals surface area contributed by atoms with Crippen LogP contribution in [0.15, 0.2) is 35.7 Å². The zero-order chi connectivity index (χ0) is 15.7. The van der Waals surface area contributed by atoms with E-state index in [2.05, 4.69) is 5.32 Å². The second kappa shape index (κ2) is 5.19. The van der Waals surface area contributed by atoms with Gasteiger partial charge in [-0.3, -0.25) is 25.1 Å². The van der Waals surface area contributed by atoms with Gasteiger partial charge in [-0.1, -0.05) is 12.1 Å². The Labute approximate surface area is 119 Å². The van der Waals surface area contributed by atoms with Gasteiger partial charge in [0.15, 0.2) is 0 Å². The van der Waals surface area contributed by atoms with Gasteiger partial charge in [0.2, 0.25) is 0 Å². The van der Waals surface area contributed by atoms with Crippen LogP contribution >= 0.6 is 0 Å². The molecule has 1 aliphatic rings. The summed E-state index contributed by atoms with van der Waals surface area (Å²) in [6.45, 7) is 1.46. The van der Waals surface area contributed by atoms with Crippen LogP contribution in [-0.2, 0) is 0 Å². The van der Waals surface area contributed by atoms with Crippen LogP contribution in [0.1, 0.15) is 18.5 Å². The number of nitrogens with zero attached hydrogens (tertiary/aromatic N) is 3. The van der Waals surface area contributed by atoms with E-state index in [1.54, 1.807) is 0 Å². The molecule has 0 bridgehead atoms. The van der Waals surface area contributed by atoms with Crippen molar-refractivity contribution in [2.45, 2.75) is 13.0 Å². The largest absolute Gasteiger partial charge is 0.322 e. The molecule has 9 nitrogen and oxygen atoms in total. The van der Waals surface area contributed by atoms with Crippen LogP contribution in [-0.4, -0.2) is 27.8 Å². The van der Waals surface area contributed by atoms with Gasteiger partial charge in [-0.15, -0.1) is 0 Å². The average molecular weight is 292 g/mol.